The molecular weight excluding hydrogens is 324 g/mol. The highest BCUT2D eigenvalue weighted by Crippen LogP contribution is 2.29. The summed E-state index contributed by atoms with van der Waals surface area (Å²) in [5, 5.41) is -0.0144. The van der Waals surface area contributed by atoms with Gasteiger partial charge in [0, 0.05) is 11.9 Å². The summed E-state index contributed by atoms with van der Waals surface area (Å²) in [7, 11) is -3.82. The van der Waals surface area contributed by atoms with Crippen molar-refractivity contribution in [3.8, 4) is 0 Å². The summed E-state index contributed by atoms with van der Waals surface area (Å²) < 4.78 is 39.9. The van der Waals surface area contributed by atoms with E-state index in [1.807, 2.05) is 0 Å². The monoisotopic (exact) mass is 339 g/mol. The van der Waals surface area contributed by atoms with Crippen molar-refractivity contribution in [2.75, 3.05) is 6.54 Å². The Morgan fingerprint density at radius 3 is 2.70 bits per heavy atom. The van der Waals surface area contributed by atoms with Crippen LogP contribution in [0.25, 0.3) is 0 Å². The van der Waals surface area contributed by atoms with Gasteiger partial charge < -0.3 is 0 Å². The zero-order chi connectivity index (χ0) is 14.8. The number of hydrogen-bond donors (Lipinski definition) is 1. The zero-order valence-electron chi connectivity index (χ0n) is 10.8. The van der Waals surface area contributed by atoms with Crippen molar-refractivity contribution < 1.29 is 12.8 Å². The van der Waals surface area contributed by atoms with Crippen molar-refractivity contribution in [2.24, 2.45) is 5.92 Å². The van der Waals surface area contributed by atoms with Gasteiger partial charge in [-0.05, 0) is 37.0 Å². The van der Waals surface area contributed by atoms with Crippen LogP contribution in [0, 0.1) is 11.7 Å². The van der Waals surface area contributed by atoms with Crippen molar-refractivity contribution in [1.29, 1.82) is 0 Å². The summed E-state index contributed by atoms with van der Waals surface area (Å²) in [6.07, 6.45) is 3.92. The quantitative estimate of drug-likeness (QED) is 0.852. The molecule has 20 heavy (non-hydrogen) atoms. The summed E-state index contributed by atoms with van der Waals surface area (Å²) >= 11 is 12.0. The van der Waals surface area contributed by atoms with Crippen LogP contribution in [0.3, 0.4) is 0 Å². The second-order valence-electron chi connectivity index (χ2n) is 4.99. The van der Waals surface area contributed by atoms with E-state index in [2.05, 4.69) is 4.72 Å². The first-order valence-corrected chi connectivity index (χ1v) is 8.78. The Bertz CT molecular complexity index is 580. The summed E-state index contributed by atoms with van der Waals surface area (Å²) in [4.78, 5) is -0.235. The Morgan fingerprint density at radius 2 is 2.00 bits per heavy atom. The second-order valence-corrected chi connectivity index (χ2v) is 7.69. The minimum atomic E-state index is -3.82. The lowest BCUT2D eigenvalue weighted by molar-refractivity contribution is 0.364. The Labute approximate surface area is 128 Å². The molecule has 0 bridgehead atoms. The van der Waals surface area contributed by atoms with E-state index in [1.54, 1.807) is 0 Å². The van der Waals surface area contributed by atoms with E-state index in [1.165, 1.54) is 6.07 Å². The highest BCUT2D eigenvalue weighted by atomic mass is 35.5. The van der Waals surface area contributed by atoms with Gasteiger partial charge in [-0.15, -0.1) is 11.6 Å². The van der Waals surface area contributed by atoms with E-state index in [9.17, 15) is 12.8 Å². The van der Waals surface area contributed by atoms with Gasteiger partial charge >= 0.3 is 0 Å². The van der Waals surface area contributed by atoms with E-state index in [0.29, 0.717) is 0 Å². The average molecular weight is 340 g/mol. The molecular formula is C13H16Cl2FNO2S. The van der Waals surface area contributed by atoms with E-state index in [0.717, 1.165) is 37.8 Å². The molecule has 112 valence electrons. The predicted octanol–water partition coefficient (Wildman–Crippen LogP) is 3.56. The number of alkyl halides is 1. The number of benzene rings is 1. The van der Waals surface area contributed by atoms with Crippen molar-refractivity contribution in [3.05, 3.63) is 29.0 Å². The SMILES string of the molecule is O=S(=O)(NCC1CCCCC1Cl)c1cc(F)ccc1Cl. The van der Waals surface area contributed by atoms with Crippen LogP contribution >= 0.6 is 23.2 Å². The number of nitrogens with one attached hydrogen (secondary N) is 1. The van der Waals surface area contributed by atoms with Crippen LogP contribution in [0.1, 0.15) is 25.7 Å². The highest BCUT2D eigenvalue weighted by molar-refractivity contribution is 7.89. The lowest BCUT2D eigenvalue weighted by Crippen LogP contribution is -2.34. The third-order valence-corrected chi connectivity index (χ3v) is 6.01. The number of sulfonamides is 1. The molecule has 1 aliphatic carbocycles. The van der Waals surface area contributed by atoms with Crippen molar-refractivity contribution >= 4 is 33.2 Å². The van der Waals surface area contributed by atoms with Gasteiger partial charge in [0.25, 0.3) is 0 Å². The van der Waals surface area contributed by atoms with Crippen LogP contribution in [0.4, 0.5) is 4.39 Å². The average Bonchev–Trinajstić information content (AvgIpc) is 2.40. The highest BCUT2D eigenvalue weighted by Gasteiger charge is 2.26. The second kappa shape index (κ2) is 6.60. The molecule has 1 N–H and O–H groups in total. The maximum absolute atomic E-state index is 13.2. The summed E-state index contributed by atoms with van der Waals surface area (Å²) in [5.74, 6) is -0.532. The first-order chi connectivity index (χ1) is 9.40. The number of halogens is 3. The molecule has 2 atom stereocenters. The molecule has 1 aromatic rings. The van der Waals surface area contributed by atoms with Crippen LogP contribution in [0.5, 0.6) is 0 Å². The summed E-state index contributed by atoms with van der Waals surface area (Å²) in [6.45, 7) is 0.253. The molecule has 3 nitrogen and oxygen atoms in total. The van der Waals surface area contributed by atoms with Gasteiger partial charge in [0.1, 0.15) is 10.7 Å². The first-order valence-electron chi connectivity index (χ1n) is 6.49. The lowest BCUT2D eigenvalue weighted by atomic mass is 9.89. The fourth-order valence-electron chi connectivity index (χ4n) is 2.37. The third-order valence-electron chi connectivity index (χ3n) is 3.53. The largest absolute Gasteiger partial charge is 0.242 e. The third kappa shape index (κ3) is 3.85. The molecule has 0 amide bonds. The zero-order valence-corrected chi connectivity index (χ0v) is 13.1. The Balaban J connectivity index is 2.09. The summed E-state index contributed by atoms with van der Waals surface area (Å²) in [5.41, 5.74) is 0. The molecule has 7 heteroatoms. The van der Waals surface area contributed by atoms with Gasteiger partial charge in [0.15, 0.2) is 0 Å². The minimum Gasteiger partial charge on any atom is -0.211 e. The molecule has 1 aromatic carbocycles. The molecule has 2 unspecified atom stereocenters. The minimum absolute atomic E-state index is 0.00460. The van der Waals surface area contributed by atoms with Gasteiger partial charge in [-0.2, -0.15) is 0 Å². The van der Waals surface area contributed by atoms with Gasteiger partial charge in [0.2, 0.25) is 10.0 Å². The fourth-order valence-corrected chi connectivity index (χ4v) is 4.34. The van der Waals surface area contributed by atoms with E-state index >= 15 is 0 Å². The maximum atomic E-state index is 13.2. The normalized spacial score (nSPS) is 23.8. The van der Waals surface area contributed by atoms with Gasteiger partial charge in [-0.25, -0.2) is 17.5 Å². The van der Waals surface area contributed by atoms with Crippen LogP contribution < -0.4 is 4.72 Å². The van der Waals surface area contributed by atoms with Crippen molar-refractivity contribution in [3.63, 3.8) is 0 Å². The Morgan fingerprint density at radius 1 is 1.30 bits per heavy atom. The molecule has 0 spiro atoms. The van der Waals surface area contributed by atoms with E-state index < -0.39 is 15.8 Å². The first kappa shape index (κ1) is 16.0. The van der Waals surface area contributed by atoms with Gasteiger partial charge in [-0.1, -0.05) is 24.4 Å². The molecule has 0 heterocycles. The molecule has 0 aromatic heterocycles. The predicted molar refractivity (Wildman–Crippen MR) is 78.2 cm³/mol. The number of hydrogen-bond acceptors (Lipinski definition) is 2. The topological polar surface area (TPSA) is 46.2 Å². The molecule has 2 rings (SSSR count). The summed E-state index contributed by atoms with van der Waals surface area (Å²) in [6, 6.07) is 3.28. The molecule has 1 fully saturated rings. The Kier molecular flexibility index (Phi) is 5.29. The van der Waals surface area contributed by atoms with E-state index in [4.69, 9.17) is 23.2 Å². The van der Waals surface area contributed by atoms with Crippen LogP contribution in [-0.4, -0.2) is 20.3 Å². The molecule has 1 saturated carbocycles. The van der Waals surface area contributed by atoms with Gasteiger partial charge in [-0.3, -0.25) is 0 Å². The fraction of sp³-hybridized carbons (Fsp3) is 0.538. The van der Waals surface area contributed by atoms with Crippen LogP contribution in [0.15, 0.2) is 23.1 Å². The Hall–Kier alpha value is -0.360. The number of rotatable bonds is 4. The van der Waals surface area contributed by atoms with Crippen LogP contribution in [0.2, 0.25) is 5.02 Å². The molecule has 0 saturated heterocycles. The lowest BCUT2D eigenvalue weighted by Gasteiger charge is -2.27. The van der Waals surface area contributed by atoms with Crippen LogP contribution in [-0.2, 0) is 10.0 Å². The molecule has 0 radical (unpaired) electrons. The standard InChI is InChI=1S/C13H16Cl2FNO2S/c14-11-4-2-1-3-9(11)8-17-20(18,19)13-7-10(16)5-6-12(13)15/h5-7,9,11,17H,1-4,8H2. The van der Waals surface area contributed by atoms with Gasteiger partial charge in [0.05, 0.1) is 5.02 Å². The molecule has 1 aliphatic rings. The maximum Gasteiger partial charge on any atom is 0.242 e. The molecule has 0 aliphatic heterocycles. The van der Waals surface area contributed by atoms with Crippen molar-refractivity contribution in [1.82, 2.24) is 4.72 Å². The van der Waals surface area contributed by atoms with Crippen molar-refractivity contribution in [2.45, 2.75) is 36.0 Å². The smallest absolute Gasteiger partial charge is 0.211 e. The van der Waals surface area contributed by atoms with E-state index in [-0.39, 0.29) is 27.8 Å².